The molecule has 5 nitrogen and oxygen atoms in total. The molecular weight excluding hydrogens is 460 g/mol. The van der Waals surface area contributed by atoms with Crippen LogP contribution in [0.4, 0.5) is 0 Å². The van der Waals surface area contributed by atoms with Crippen LogP contribution >= 0.6 is 11.8 Å². The van der Waals surface area contributed by atoms with Crippen molar-refractivity contribution in [1.82, 2.24) is 0 Å². The van der Waals surface area contributed by atoms with Crippen LogP contribution in [-0.4, -0.2) is 41.6 Å². The van der Waals surface area contributed by atoms with E-state index in [0.717, 1.165) is 16.9 Å². The van der Waals surface area contributed by atoms with Gasteiger partial charge in [0.25, 0.3) is 0 Å². The Balaban J connectivity index is 1.59. The van der Waals surface area contributed by atoms with Crippen LogP contribution in [0.15, 0.2) is 91.0 Å². The fourth-order valence-corrected chi connectivity index (χ4v) is 5.10. The third-order valence-corrected chi connectivity index (χ3v) is 6.92. The zero-order valence-electron chi connectivity index (χ0n) is 20.1. The third-order valence-electron chi connectivity index (χ3n) is 5.88. The first kappa shape index (κ1) is 25.5. The number of ether oxygens (including phenoxy) is 4. The first-order chi connectivity index (χ1) is 17.2. The lowest BCUT2D eigenvalue weighted by Gasteiger charge is -2.44. The summed E-state index contributed by atoms with van der Waals surface area (Å²) in [4.78, 5) is 13.0. The van der Waals surface area contributed by atoms with Crippen LogP contribution < -0.4 is 0 Å². The molecule has 0 saturated carbocycles. The molecule has 0 amide bonds. The maximum atomic E-state index is 13.0. The van der Waals surface area contributed by atoms with Gasteiger partial charge in [0.2, 0.25) is 0 Å². The topological polar surface area (TPSA) is 54.0 Å². The zero-order valence-corrected chi connectivity index (χ0v) is 20.9. The predicted octanol–water partition coefficient (Wildman–Crippen LogP) is 5.88. The van der Waals surface area contributed by atoms with Crippen molar-refractivity contribution in [2.45, 2.75) is 56.9 Å². The molecule has 3 aromatic carbocycles. The number of thioether (sulfide) groups is 1. The van der Waals surface area contributed by atoms with Crippen molar-refractivity contribution in [3.8, 4) is 0 Å². The van der Waals surface area contributed by atoms with Crippen LogP contribution in [0.5, 0.6) is 0 Å². The van der Waals surface area contributed by atoms with Crippen molar-refractivity contribution in [2.24, 2.45) is 0 Å². The van der Waals surface area contributed by atoms with Gasteiger partial charge in [-0.1, -0.05) is 85.8 Å². The predicted molar refractivity (Wildman–Crippen MR) is 138 cm³/mol. The minimum absolute atomic E-state index is 0.244. The standard InChI is InChI=1S/C29H32O5S/c1-3-35-29-27(32-20-23-15-9-5-10-16-23)26(31-19-22-13-7-4-8-14-22)25(21(2)33-29)34-28(30)24-17-11-6-12-18-24/h4-18,21,25-27,29H,3,19-20H2,1-2H3/t21-,25-,26+,27+,29-/m0/s1. The van der Waals surface area contributed by atoms with Crippen molar-refractivity contribution in [2.75, 3.05) is 5.75 Å². The molecule has 184 valence electrons. The molecule has 3 aromatic rings. The smallest absolute Gasteiger partial charge is 0.338 e. The van der Waals surface area contributed by atoms with E-state index in [2.05, 4.69) is 6.92 Å². The third kappa shape index (κ3) is 6.95. The monoisotopic (exact) mass is 492 g/mol. The normalized spacial score (nSPS) is 24.1. The molecule has 0 unspecified atom stereocenters. The number of hydrogen-bond donors (Lipinski definition) is 0. The Morgan fingerprint density at radius 3 is 1.83 bits per heavy atom. The van der Waals surface area contributed by atoms with Gasteiger partial charge in [-0.25, -0.2) is 4.79 Å². The molecule has 0 spiro atoms. The van der Waals surface area contributed by atoms with Crippen LogP contribution in [0.25, 0.3) is 0 Å². The van der Waals surface area contributed by atoms with E-state index in [4.69, 9.17) is 18.9 Å². The SMILES string of the molecule is CCS[C@@H]1O[C@@H](C)[C@H](OC(=O)c2ccccc2)[C@@H](OCc2ccccc2)[C@H]1OCc1ccccc1. The van der Waals surface area contributed by atoms with Gasteiger partial charge in [0.15, 0.2) is 6.10 Å². The van der Waals surface area contributed by atoms with E-state index in [9.17, 15) is 4.79 Å². The van der Waals surface area contributed by atoms with Crippen LogP contribution in [0.1, 0.15) is 35.3 Å². The second kappa shape index (κ2) is 12.9. The summed E-state index contributed by atoms with van der Waals surface area (Å²) in [6.07, 6.45) is -1.90. The number of rotatable bonds is 10. The number of hydrogen-bond acceptors (Lipinski definition) is 6. The minimum Gasteiger partial charge on any atom is -0.453 e. The summed E-state index contributed by atoms with van der Waals surface area (Å²) in [7, 11) is 0. The molecule has 0 N–H and O–H groups in total. The van der Waals surface area contributed by atoms with E-state index in [0.29, 0.717) is 18.8 Å². The van der Waals surface area contributed by atoms with Gasteiger partial charge in [0.05, 0.1) is 24.9 Å². The van der Waals surface area contributed by atoms with Gasteiger partial charge >= 0.3 is 5.97 Å². The van der Waals surface area contributed by atoms with E-state index in [1.807, 2.05) is 85.8 Å². The maximum Gasteiger partial charge on any atom is 0.338 e. The Labute approximate surface area is 211 Å². The quantitative estimate of drug-likeness (QED) is 0.330. The highest BCUT2D eigenvalue weighted by Crippen LogP contribution is 2.35. The molecule has 1 fully saturated rings. The lowest BCUT2D eigenvalue weighted by molar-refractivity contribution is -0.228. The molecule has 35 heavy (non-hydrogen) atoms. The Morgan fingerprint density at radius 2 is 1.29 bits per heavy atom. The van der Waals surface area contributed by atoms with Gasteiger partial charge in [-0.3, -0.25) is 0 Å². The highest BCUT2D eigenvalue weighted by molar-refractivity contribution is 7.99. The number of carbonyl (C=O) groups excluding carboxylic acids is 1. The minimum atomic E-state index is -0.624. The molecule has 0 aliphatic carbocycles. The van der Waals surface area contributed by atoms with Gasteiger partial charge < -0.3 is 18.9 Å². The molecule has 0 bridgehead atoms. The molecule has 4 rings (SSSR count). The number of benzene rings is 3. The Morgan fingerprint density at radius 1 is 0.771 bits per heavy atom. The largest absolute Gasteiger partial charge is 0.453 e. The highest BCUT2D eigenvalue weighted by Gasteiger charge is 2.48. The Hall–Kier alpha value is -2.64. The van der Waals surface area contributed by atoms with Crippen LogP contribution in [0, 0.1) is 0 Å². The van der Waals surface area contributed by atoms with Crippen molar-refractivity contribution >= 4 is 17.7 Å². The van der Waals surface area contributed by atoms with Crippen molar-refractivity contribution in [3.05, 3.63) is 108 Å². The summed E-state index contributed by atoms with van der Waals surface area (Å²) >= 11 is 1.67. The lowest BCUT2D eigenvalue weighted by atomic mass is 9.99. The molecule has 1 aliphatic rings. The van der Waals surface area contributed by atoms with Gasteiger partial charge in [-0.15, -0.1) is 11.8 Å². The van der Waals surface area contributed by atoms with Crippen molar-refractivity contribution in [3.63, 3.8) is 0 Å². The van der Waals surface area contributed by atoms with Crippen molar-refractivity contribution < 1.29 is 23.7 Å². The van der Waals surface area contributed by atoms with E-state index >= 15 is 0 Å². The van der Waals surface area contributed by atoms with E-state index in [-0.39, 0.29) is 11.5 Å². The summed E-state index contributed by atoms with van der Waals surface area (Å²) in [6.45, 7) is 4.81. The maximum absolute atomic E-state index is 13.0. The van der Waals surface area contributed by atoms with E-state index in [1.54, 1.807) is 23.9 Å². The fraction of sp³-hybridized carbons (Fsp3) is 0.345. The molecule has 1 heterocycles. The van der Waals surface area contributed by atoms with Gasteiger partial charge in [0, 0.05) is 0 Å². The molecule has 1 saturated heterocycles. The first-order valence-corrected chi connectivity index (χ1v) is 13.0. The summed E-state index contributed by atoms with van der Waals surface area (Å²) in [5.74, 6) is 0.463. The van der Waals surface area contributed by atoms with Crippen LogP contribution in [-0.2, 0) is 32.2 Å². The van der Waals surface area contributed by atoms with Gasteiger partial charge in [0.1, 0.15) is 17.6 Å². The summed E-state index contributed by atoms with van der Waals surface area (Å²) in [5.41, 5.74) is 2.35. The summed E-state index contributed by atoms with van der Waals surface area (Å²) < 4.78 is 25.3. The second-order valence-electron chi connectivity index (χ2n) is 8.42. The summed E-state index contributed by atoms with van der Waals surface area (Å²) in [6, 6.07) is 29.0. The molecule has 1 aliphatic heterocycles. The van der Waals surface area contributed by atoms with Gasteiger partial charge in [-0.05, 0) is 35.9 Å². The lowest BCUT2D eigenvalue weighted by Crippen LogP contribution is -2.59. The zero-order chi connectivity index (χ0) is 24.5. The number of esters is 1. The first-order valence-electron chi connectivity index (χ1n) is 12.0. The Bertz CT molecular complexity index is 1030. The van der Waals surface area contributed by atoms with Crippen LogP contribution in [0.3, 0.4) is 0 Å². The molecular formula is C29H32O5S. The van der Waals surface area contributed by atoms with E-state index < -0.39 is 24.3 Å². The Kier molecular flexibility index (Phi) is 9.37. The van der Waals surface area contributed by atoms with E-state index in [1.165, 1.54) is 0 Å². The molecule has 0 aromatic heterocycles. The molecule has 0 radical (unpaired) electrons. The average molecular weight is 493 g/mol. The average Bonchev–Trinajstić information content (AvgIpc) is 2.90. The molecule has 5 atom stereocenters. The summed E-state index contributed by atoms with van der Waals surface area (Å²) in [5, 5.41) is 0. The fourth-order valence-electron chi connectivity index (χ4n) is 4.10. The highest BCUT2D eigenvalue weighted by atomic mass is 32.2. The van der Waals surface area contributed by atoms with Crippen molar-refractivity contribution in [1.29, 1.82) is 0 Å². The number of carbonyl (C=O) groups is 1. The van der Waals surface area contributed by atoms with Gasteiger partial charge in [-0.2, -0.15) is 0 Å². The second-order valence-corrected chi connectivity index (χ2v) is 9.80. The van der Waals surface area contributed by atoms with Crippen LogP contribution in [0.2, 0.25) is 0 Å². The molecule has 6 heteroatoms.